The van der Waals surface area contributed by atoms with E-state index >= 15 is 0 Å². The Hall–Kier alpha value is -0.870. The van der Waals surface area contributed by atoms with E-state index in [-0.39, 0.29) is 12.0 Å². The van der Waals surface area contributed by atoms with E-state index in [0.717, 1.165) is 25.9 Å². The van der Waals surface area contributed by atoms with Crippen LogP contribution in [-0.4, -0.2) is 28.6 Å². The van der Waals surface area contributed by atoms with Crippen molar-refractivity contribution < 1.29 is 9.90 Å². The number of thiophene rings is 1. The minimum Gasteiger partial charge on any atom is -0.481 e. The van der Waals surface area contributed by atoms with Gasteiger partial charge in [0.15, 0.2) is 0 Å². The second kappa shape index (κ2) is 5.19. The van der Waals surface area contributed by atoms with E-state index < -0.39 is 5.97 Å². The van der Waals surface area contributed by atoms with Gasteiger partial charge in [-0.25, -0.2) is 0 Å². The maximum absolute atomic E-state index is 11.2. The number of aliphatic carboxylic acids is 1. The molecule has 4 heteroatoms. The maximum atomic E-state index is 11.2. The van der Waals surface area contributed by atoms with Gasteiger partial charge in [0.25, 0.3) is 0 Å². The average molecular weight is 253 g/mol. The van der Waals surface area contributed by atoms with Crippen molar-refractivity contribution in [2.24, 2.45) is 5.92 Å². The molecular weight excluding hydrogens is 234 g/mol. The molecule has 17 heavy (non-hydrogen) atoms. The largest absolute Gasteiger partial charge is 0.481 e. The molecule has 1 N–H and O–H groups in total. The van der Waals surface area contributed by atoms with Crippen LogP contribution < -0.4 is 0 Å². The lowest BCUT2D eigenvalue weighted by atomic mass is 9.90. The van der Waals surface area contributed by atoms with Crippen LogP contribution in [0.5, 0.6) is 0 Å². The Kier molecular flexibility index (Phi) is 3.84. The molecule has 0 bridgehead atoms. The summed E-state index contributed by atoms with van der Waals surface area (Å²) < 4.78 is 0. The highest BCUT2D eigenvalue weighted by molar-refractivity contribution is 7.10. The van der Waals surface area contributed by atoms with E-state index in [9.17, 15) is 9.90 Å². The summed E-state index contributed by atoms with van der Waals surface area (Å²) in [6, 6.07) is 2.27. The van der Waals surface area contributed by atoms with Crippen molar-refractivity contribution in [1.82, 2.24) is 4.90 Å². The van der Waals surface area contributed by atoms with Gasteiger partial charge in [0.2, 0.25) is 0 Å². The van der Waals surface area contributed by atoms with Crippen LogP contribution in [0, 0.1) is 12.8 Å². The fourth-order valence-corrected chi connectivity index (χ4v) is 3.45. The predicted molar refractivity (Wildman–Crippen MR) is 69.3 cm³/mol. The van der Waals surface area contributed by atoms with E-state index in [2.05, 4.69) is 23.3 Å². The third kappa shape index (κ3) is 2.69. The number of likely N-dealkylation sites (tertiary alicyclic amines) is 1. The second-order valence-electron chi connectivity index (χ2n) is 4.82. The van der Waals surface area contributed by atoms with Crippen LogP contribution in [0.4, 0.5) is 0 Å². The molecule has 1 aromatic rings. The molecule has 2 rings (SSSR count). The first-order chi connectivity index (χ1) is 8.09. The smallest absolute Gasteiger partial charge is 0.308 e. The van der Waals surface area contributed by atoms with Gasteiger partial charge in [0, 0.05) is 17.5 Å². The zero-order valence-corrected chi connectivity index (χ0v) is 11.2. The number of rotatable bonds is 3. The molecule has 0 saturated carbocycles. The zero-order valence-electron chi connectivity index (χ0n) is 10.3. The summed E-state index contributed by atoms with van der Waals surface area (Å²) >= 11 is 1.77. The first kappa shape index (κ1) is 12.6. The van der Waals surface area contributed by atoms with Crippen LogP contribution in [0.2, 0.25) is 0 Å². The summed E-state index contributed by atoms with van der Waals surface area (Å²) in [5.74, 6) is -0.853. The van der Waals surface area contributed by atoms with E-state index in [0.29, 0.717) is 0 Å². The Labute approximate surface area is 106 Å². The van der Waals surface area contributed by atoms with Gasteiger partial charge in [-0.05, 0) is 50.2 Å². The van der Waals surface area contributed by atoms with Gasteiger partial charge in [-0.2, -0.15) is 0 Å². The van der Waals surface area contributed by atoms with Crippen molar-refractivity contribution >= 4 is 17.3 Å². The van der Waals surface area contributed by atoms with Crippen LogP contribution in [0.25, 0.3) is 0 Å². The monoisotopic (exact) mass is 253 g/mol. The first-order valence-corrected chi connectivity index (χ1v) is 6.97. The van der Waals surface area contributed by atoms with E-state index in [4.69, 9.17) is 0 Å². The van der Waals surface area contributed by atoms with Crippen LogP contribution >= 0.6 is 11.3 Å². The first-order valence-electron chi connectivity index (χ1n) is 6.09. The Morgan fingerprint density at radius 3 is 3.00 bits per heavy atom. The molecule has 94 valence electrons. The highest BCUT2D eigenvalue weighted by Crippen LogP contribution is 2.27. The molecule has 0 amide bonds. The van der Waals surface area contributed by atoms with Crippen LogP contribution in [0.3, 0.4) is 0 Å². The Morgan fingerprint density at radius 2 is 2.41 bits per heavy atom. The van der Waals surface area contributed by atoms with E-state index in [1.165, 1.54) is 10.4 Å². The van der Waals surface area contributed by atoms with Gasteiger partial charge in [0.05, 0.1) is 5.92 Å². The second-order valence-corrected chi connectivity index (χ2v) is 5.83. The highest BCUT2D eigenvalue weighted by Gasteiger charge is 2.32. The predicted octanol–water partition coefficient (Wildman–Crippen LogP) is 2.74. The Morgan fingerprint density at radius 1 is 1.65 bits per heavy atom. The quantitative estimate of drug-likeness (QED) is 0.900. The lowest BCUT2D eigenvalue weighted by Gasteiger charge is -2.37. The van der Waals surface area contributed by atoms with Crippen molar-refractivity contribution in [2.45, 2.75) is 39.3 Å². The Bertz CT molecular complexity index is 402. The SMILES string of the molecule is Cc1ccsc1CN1CCC[C@@H](C(=O)O)[C@H]1C. The van der Waals surface area contributed by atoms with Crippen molar-refractivity contribution in [1.29, 1.82) is 0 Å². The van der Waals surface area contributed by atoms with Crippen molar-refractivity contribution in [3.05, 3.63) is 21.9 Å². The molecule has 1 aliphatic heterocycles. The summed E-state index contributed by atoms with van der Waals surface area (Å²) in [4.78, 5) is 14.8. The van der Waals surface area contributed by atoms with E-state index in [1.54, 1.807) is 11.3 Å². The molecule has 2 atom stereocenters. The summed E-state index contributed by atoms with van der Waals surface area (Å²) in [5, 5.41) is 11.3. The topological polar surface area (TPSA) is 40.5 Å². The Balaban J connectivity index is 2.06. The molecule has 0 aliphatic carbocycles. The number of hydrogen-bond donors (Lipinski definition) is 1. The van der Waals surface area contributed by atoms with Gasteiger partial charge in [-0.3, -0.25) is 9.69 Å². The third-order valence-corrected chi connectivity index (χ3v) is 4.76. The summed E-state index contributed by atoms with van der Waals surface area (Å²) in [6.07, 6.45) is 1.81. The molecule has 0 unspecified atom stereocenters. The van der Waals surface area contributed by atoms with Crippen molar-refractivity contribution in [3.63, 3.8) is 0 Å². The van der Waals surface area contributed by atoms with Gasteiger partial charge < -0.3 is 5.11 Å². The lowest BCUT2D eigenvalue weighted by molar-refractivity contribution is -0.145. The summed E-state index contributed by atoms with van der Waals surface area (Å²) in [5.41, 5.74) is 1.32. The lowest BCUT2D eigenvalue weighted by Crippen LogP contribution is -2.45. The normalized spacial score (nSPS) is 26.0. The molecular formula is C13H19NO2S. The maximum Gasteiger partial charge on any atom is 0.308 e. The standard InChI is InChI=1S/C13H19NO2S/c1-9-5-7-17-12(9)8-14-6-3-4-11(10(14)2)13(15)16/h5,7,10-11H,3-4,6,8H2,1-2H3,(H,15,16)/t10-,11-/m1/s1. The minimum atomic E-state index is -0.648. The number of aryl methyl sites for hydroxylation is 1. The highest BCUT2D eigenvalue weighted by atomic mass is 32.1. The molecule has 0 radical (unpaired) electrons. The molecule has 3 nitrogen and oxygen atoms in total. The third-order valence-electron chi connectivity index (χ3n) is 3.75. The molecule has 0 aromatic carbocycles. The average Bonchev–Trinajstić information content (AvgIpc) is 2.67. The fourth-order valence-electron chi connectivity index (χ4n) is 2.52. The van der Waals surface area contributed by atoms with Crippen molar-refractivity contribution in [3.8, 4) is 0 Å². The number of carbonyl (C=O) groups is 1. The molecule has 1 aromatic heterocycles. The molecule has 1 saturated heterocycles. The number of hydrogen-bond acceptors (Lipinski definition) is 3. The number of carboxylic acid groups (broad SMARTS) is 1. The van der Waals surface area contributed by atoms with Gasteiger partial charge >= 0.3 is 5.97 Å². The van der Waals surface area contributed by atoms with Crippen LogP contribution in [-0.2, 0) is 11.3 Å². The van der Waals surface area contributed by atoms with Crippen LogP contribution in [0.1, 0.15) is 30.2 Å². The zero-order chi connectivity index (χ0) is 12.4. The molecule has 1 aliphatic rings. The molecule has 0 spiro atoms. The number of carboxylic acids is 1. The van der Waals surface area contributed by atoms with Crippen LogP contribution in [0.15, 0.2) is 11.4 Å². The number of nitrogens with zero attached hydrogens (tertiary/aromatic N) is 1. The number of piperidine rings is 1. The van der Waals surface area contributed by atoms with E-state index in [1.807, 2.05) is 6.92 Å². The summed E-state index contributed by atoms with van der Waals surface area (Å²) in [7, 11) is 0. The van der Waals surface area contributed by atoms with Crippen molar-refractivity contribution in [2.75, 3.05) is 6.54 Å². The van der Waals surface area contributed by atoms with Gasteiger partial charge in [-0.15, -0.1) is 11.3 Å². The fraction of sp³-hybridized carbons (Fsp3) is 0.615. The van der Waals surface area contributed by atoms with Gasteiger partial charge in [-0.1, -0.05) is 0 Å². The molecule has 1 fully saturated rings. The van der Waals surface area contributed by atoms with Gasteiger partial charge in [0.1, 0.15) is 0 Å². The molecule has 2 heterocycles. The summed E-state index contributed by atoms with van der Waals surface area (Å²) in [6.45, 7) is 6.08. The minimum absolute atomic E-state index is 0.141.